The molecule has 6 rings (SSSR count). The average Bonchev–Trinajstić information content (AvgIpc) is 3.58. The van der Waals surface area contributed by atoms with Crippen molar-refractivity contribution in [3.8, 4) is 5.75 Å². The standard InChI is InChI=1S/C32H24FN3O4S2/c1-18-13-14-21(16-25(18)33)28(37)26-27(20-9-6-11-23(15-20)40-2)36(30(39)29(26)38)31-34-35-32(42-31)41-17-22-10-5-8-19-7-3-4-12-24(19)22/h3-16,27,37H,17H2,1-2H3/t27-/m1/s1. The summed E-state index contributed by atoms with van der Waals surface area (Å²) in [6.45, 7) is 1.60. The molecule has 1 fully saturated rings. The van der Waals surface area contributed by atoms with Gasteiger partial charge in [-0.3, -0.25) is 14.5 Å². The Morgan fingerprint density at radius 1 is 1.02 bits per heavy atom. The lowest BCUT2D eigenvalue weighted by molar-refractivity contribution is -0.132. The van der Waals surface area contributed by atoms with Gasteiger partial charge in [0.2, 0.25) is 5.13 Å². The molecule has 0 unspecified atom stereocenters. The van der Waals surface area contributed by atoms with Crippen LogP contribution in [0.15, 0.2) is 94.8 Å². The van der Waals surface area contributed by atoms with Gasteiger partial charge in [-0.1, -0.05) is 89.8 Å². The van der Waals surface area contributed by atoms with Crippen molar-refractivity contribution in [2.45, 2.75) is 23.1 Å². The molecule has 4 aromatic carbocycles. The van der Waals surface area contributed by atoms with Crippen molar-refractivity contribution >= 4 is 56.5 Å². The van der Waals surface area contributed by atoms with Gasteiger partial charge < -0.3 is 9.84 Å². The van der Waals surface area contributed by atoms with E-state index < -0.39 is 29.3 Å². The number of hydrogen-bond acceptors (Lipinski definition) is 8. The lowest BCUT2D eigenvalue weighted by Gasteiger charge is -2.23. The Labute approximate surface area is 249 Å². The van der Waals surface area contributed by atoms with Crippen LogP contribution in [-0.4, -0.2) is 34.1 Å². The number of aliphatic hydroxyl groups excluding tert-OH is 1. The van der Waals surface area contributed by atoms with Crippen molar-refractivity contribution in [3.05, 3.63) is 119 Å². The van der Waals surface area contributed by atoms with Crippen molar-refractivity contribution in [1.82, 2.24) is 10.2 Å². The second-order valence-corrected chi connectivity index (χ2v) is 11.9. The minimum Gasteiger partial charge on any atom is -0.507 e. The largest absolute Gasteiger partial charge is 0.507 e. The van der Waals surface area contributed by atoms with E-state index in [4.69, 9.17) is 4.74 Å². The predicted molar refractivity (Wildman–Crippen MR) is 162 cm³/mol. The van der Waals surface area contributed by atoms with E-state index in [2.05, 4.69) is 34.5 Å². The van der Waals surface area contributed by atoms with Crippen molar-refractivity contribution in [2.24, 2.45) is 0 Å². The number of Topliss-reactive ketones (excluding diaryl/α,β-unsaturated/α-hetero) is 1. The number of carbonyl (C=O) groups is 2. The van der Waals surface area contributed by atoms with E-state index in [0.29, 0.717) is 27.0 Å². The minimum absolute atomic E-state index is 0.0904. The number of nitrogens with zero attached hydrogens (tertiary/aromatic N) is 3. The molecule has 1 saturated heterocycles. The van der Waals surface area contributed by atoms with Crippen LogP contribution in [0, 0.1) is 12.7 Å². The van der Waals surface area contributed by atoms with Crippen LogP contribution >= 0.6 is 23.1 Å². The SMILES string of the molecule is COc1cccc([C@@H]2C(=C(O)c3ccc(C)c(F)c3)C(=O)C(=O)N2c2nnc(SCc3cccc4ccccc34)s2)c1. The van der Waals surface area contributed by atoms with Crippen LogP contribution in [-0.2, 0) is 15.3 Å². The van der Waals surface area contributed by atoms with Crippen molar-refractivity contribution in [3.63, 3.8) is 0 Å². The van der Waals surface area contributed by atoms with Gasteiger partial charge >= 0.3 is 5.91 Å². The quantitative estimate of drug-likeness (QED) is 0.0706. The molecule has 7 nitrogen and oxygen atoms in total. The van der Waals surface area contributed by atoms with Crippen LogP contribution in [0.25, 0.3) is 16.5 Å². The number of aromatic nitrogens is 2. The van der Waals surface area contributed by atoms with Crippen LogP contribution in [0.1, 0.15) is 28.3 Å². The van der Waals surface area contributed by atoms with Gasteiger partial charge in [0.15, 0.2) is 4.34 Å². The summed E-state index contributed by atoms with van der Waals surface area (Å²) in [5.74, 6) is -1.64. The molecule has 1 aliphatic heterocycles. The molecule has 0 aliphatic carbocycles. The van der Waals surface area contributed by atoms with Crippen molar-refractivity contribution in [1.29, 1.82) is 0 Å². The number of methoxy groups -OCH3 is 1. The first-order valence-corrected chi connectivity index (χ1v) is 14.8. The number of rotatable bonds is 7. The molecule has 1 N–H and O–H groups in total. The second-order valence-electron chi connectivity index (χ2n) is 9.69. The number of anilines is 1. The van der Waals surface area contributed by atoms with E-state index in [1.807, 2.05) is 18.2 Å². The van der Waals surface area contributed by atoms with E-state index in [-0.39, 0.29) is 16.3 Å². The maximum atomic E-state index is 14.4. The molecule has 42 heavy (non-hydrogen) atoms. The number of benzene rings is 4. The number of ketones is 1. The third kappa shape index (κ3) is 5.03. The number of hydrogen-bond donors (Lipinski definition) is 1. The summed E-state index contributed by atoms with van der Waals surface area (Å²) in [4.78, 5) is 28.2. The van der Waals surface area contributed by atoms with E-state index in [0.717, 1.165) is 22.4 Å². The normalized spacial score (nSPS) is 16.4. The lowest BCUT2D eigenvalue weighted by Crippen LogP contribution is -2.29. The Morgan fingerprint density at radius 3 is 2.62 bits per heavy atom. The predicted octanol–water partition coefficient (Wildman–Crippen LogP) is 7.07. The first-order valence-electron chi connectivity index (χ1n) is 13.0. The van der Waals surface area contributed by atoms with E-state index in [1.165, 1.54) is 47.2 Å². The molecule has 2 heterocycles. The number of amides is 1. The van der Waals surface area contributed by atoms with Gasteiger partial charge in [0.25, 0.3) is 5.78 Å². The highest BCUT2D eigenvalue weighted by atomic mass is 32.2. The zero-order chi connectivity index (χ0) is 29.4. The maximum absolute atomic E-state index is 14.4. The molecule has 0 radical (unpaired) electrons. The van der Waals surface area contributed by atoms with Gasteiger partial charge in [-0.25, -0.2) is 4.39 Å². The van der Waals surface area contributed by atoms with E-state index in [9.17, 15) is 19.1 Å². The molecule has 0 saturated carbocycles. The smallest absolute Gasteiger partial charge is 0.301 e. The molecule has 1 aromatic heterocycles. The van der Waals surface area contributed by atoms with E-state index >= 15 is 0 Å². The Morgan fingerprint density at radius 2 is 1.81 bits per heavy atom. The summed E-state index contributed by atoms with van der Waals surface area (Å²) < 4.78 is 20.4. The summed E-state index contributed by atoms with van der Waals surface area (Å²) in [6, 6.07) is 24.3. The molecular formula is C32H24FN3O4S2. The highest BCUT2D eigenvalue weighted by Crippen LogP contribution is 2.44. The van der Waals surface area contributed by atoms with Gasteiger partial charge in [0, 0.05) is 11.3 Å². The van der Waals surface area contributed by atoms with Crippen LogP contribution in [0.2, 0.25) is 0 Å². The Balaban J connectivity index is 1.39. The second kappa shape index (κ2) is 11.4. The number of fused-ring (bicyclic) bond motifs is 1. The fraction of sp³-hybridized carbons (Fsp3) is 0.125. The van der Waals surface area contributed by atoms with E-state index in [1.54, 1.807) is 31.2 Å². The van der Waals surface area contributed by atoms with Gasteiger partial charge in [0.1, 0.15) is 17.3 Å². The zero-order valence-electron chi connectivity index (χ0n) is 22.6. The molecule has 0 bridgehead atoms. The van der Waals surface area contributed by atoms with Crippen molar-refractivity contribution < 1.29 is 23.8 Å². The lowest BCUT2D eigenvalue weighted by atomic mass is 9.95. The van der Waals surface area contributed by atoms with Gasteiger partial charge in [0.05, 0.1) is 18.7 Å². The monoisotopic (exact) mass is 597 g/mol. The number of thioether (sulfide) groups is 1. The number of ether oxygens (including phenoxy) is 1. The minimum atomic E-state index is -1.03. The zero-order valence-corrected chi connectivity index (χ0v) is 24.2. The highest BCUT2D eigenvalue weighted by Gasteiger charge is 2.48. The molecule has 1 amide bonds. The molecule has 1 aliphatic rings. The summed E-state index contributed by atoms with van der Waals surface area (Å²) in [5, 5.41) is 22.4. The fourth-order valence-corrected chi connectivity index (χ4v) is 6.84. The van der Waals surface area contributed by atoms with Crippen molar-refractivity contribution in [2.75, 3.05) is 12.0 Å². The average molecular weight is 598 g/mol. The molecule has 10 heteroatoms. The Bertz CT molecular complexity index is 1880. The first kappa shape index (κ1) is 27.6. The number of aliphatic hydroxyl groups is 1. The molecule has 210 valence electrons. The van der Waals surface area contributed by atoms with Crippen LogP contribution in [0.4, 0.5) is 9.52 Å². The summed E-state index contributed by atoms with van der Waals surface area (Å²) >= 11 is 2.66. The first-order chi connectivity index (χ1) is 20.4. The molecular weight excluding hydrogens is 574 g/mol. The Kier molecular flexibility index (Phi) is 7.49. The Hall–Kier alpha value is -4.54. The summed E-state index contributed by atoms with van der Waals surface area (Å²) in [7, 11) is 1.51. The number of carbonyl (C=O) groups excluding carboxylic acids is 2. The van der Waals surface area contributed by atoms with Gasteiger partial charge in [-0.2, -0.15) is 0 Å². The van der Waals surface area contributed by atoms with Crippen LogP contribution < -0.4 is 9.64 Å². The third-order valence-corrected chi connectivity index (χ3v) is 9.24. The fourth-order valence-electron chi connectivity index (χ4n) is 4.97. The molecule has 0 spiro atoms. The van der Waals surface area contributed by atoms with Gasteiger partial charge in [-0.15, -0.1) is 10.2 Å². The number of halogens is 1. The topological polar surface area (TPSA) is 92.6 Å². The summed E-state index contributed by atoms with van der Waals surface area (Å²) in [5.41, 5.74) is 1.96. The van der Waals surface area contributed by atoms with Gasteiger partial charge in [-0.05, 0) is 52.6 Å². The van der Waals surface area contributed by atoms with Crippen LogP contribution in [0.3, 0.4) is 0 Å². The highest BCUT2D eigenvalue weighted by molar-refractivity contribution is 8.00. The number of aryl methyl sites for hydroxylation is 1. The third-order valence-electron chi connectivity index (χ3n) is 7.13. The molecule has 1 atom stereocenters. The van der Waals surface area contributed by atoms with Crippen LogP contribution in [0.5, 0.6) is 5.75 Å². The molecule has 5 aromatic rings. The maximum Gasteiger partial charge on any atom is 0.301 e. The summed E-state index contributed by atoms with van der Waals surface area (Å²) in [6.07, 6.45) is 0.